The summed E-state index contributed by atoms with van der Waals surface area (Å²) in [5, 5.41) is 12.6. The molecule has 0 spiro atoms. The summed E-state index contributed by atoms with van der Waals surface area (Å²) in [5.41, 5.74) is 1.29. The molecular formula is C75H112ClN15O9. The summed E-state index contributed by atoms with van der Waals surface area (Å²) in [4.78, 5) is 106. The molecule has 4 aliphatic heterocycles. The van der Waals surface area contributed by atoms with Crippen molar-refractivity contribution < 1.29 is 43.3 Å². The standard InChI is InChI=1S/C21H31N5O2.C18H25N5O2.C16H29NO2.C14H23NO3.C6H4ClN3/c1-21(2,3)28-20(27)26-10-8-14-11-16(6-5-15(14)12-26)25(4)19-17-7-9-22-18(17)23-13-24-19;1-22(18-15-4-6-19-17(15)20-11-21-18)14-3-2-13-9-23(16(25)10-24)7-5-12(13)8-14;1-5-12-6-7-14-11-17(9-8-13(14)10-12)15(18)19-16(2,3)4;1-14(2,3)18-13(17)15-7-6-10-8-12(16)5-4-11(10)9-15;7-5-4-1-2-8-6(4)10-3-9-5/h7,9,13-16H,5-6,8,10-12H2,1-4H3,(H,22,23,24);4,6,11-14,24H,2-3,5,7-10H2,1H3,(H,19,20,21);12-14H,5-11H2,1-4H3;10-11H,4-9H2,1-3H3;1-3H,(H,8,9,10)/t14-,15-,16?;12-,13-,14?;12?,13-,14-;10-,11-;/m0011./s1. The van der Waals surface area contributed by atoms with Gasteiger partial charge >= 0.3 is 18.3 Å². The molecule has 14 rings (SSSR count). The van der Waals surface area contributed by atoms with Crippen LogP contribution in [0.5, 0.6) is 0 Å². The lowest BCUT2D eigenvalue weighted by molar-refractivity contribution is -0.137. The van der Waals surface area contributed by atoms with Crippen LogP contribution in [0.4, 0.5) is 26.0 Å². The Kier molecular flexibility index (Phi) is 25.0. The first-order valence-corrected chi connectivity index (χ1v) is 37.3. The van der Waals surface area contributed by atoms with Gasteiger partial charge < -0.3 is 63.7 Å². The van der Waals surface area contributed by atoms with Crippen molar-refractivity contribution in [2.45, 2.75) is 207 Å². The number of halogens is 1. The van der Waals surface area contributed by atoms with Crippen LogP contribution in [-0.2, 0) is 23.8 Å². The second-order valence-corrected chi connectivity index (χ2v) is 32.7. The van der Waals surface area contributed by atoms with E-state index in [1.54, 1.807) is 18.9 Å². The van der Waals surface area contributed by atoms with Crippen molar-refractivity contribution in [3.05, 3.63) is 60.9 Å². The number of aromatic nitrogens is 9. The average molecular weight is 1400 g/mol. The monoisotopic (exact) mass is 1400 g/mol. The fraction of sp³-hybridized carbons (Fsp3) is 0.693. The van der Waals surface area contributed by atoms with E-state index in [0.29, 0.717) is 77.3 Å². The predicted molar refractivity (Wildman–Crippen MR) is 389 cm³/mol. The Labute approximate surface area is 595 Å². The topological polar surface area (TPSA) is 277 Å². The van der Waals surface area contributed by atoms with Gasteiger partial charge in [-0.25, -0.2) is 44.3 Å². The van der Waals surface area contributed by atoms with Crippen LogP contribution in [0.2, 0.25) is 5.15 Å². The van der Waals surface area contributed by atoms with E-state index in [1.807, 2.05) is 113 Å². The molecule has 0 radical (unpaired) electrons. The van der Waals surface area contributed by atoms with Crippen LogP contribution in [0.15, 0.2) is 55.8 Å². The number of fused-ring (bicyclic) bond motifs is 7. The molecule has 24 nitrogen and oxygen atoms in total. The first kappa shape index (κ1) is 75.3. The number of amides is 4. The Hall–Kier alpha value is -7.34. The number of anilines is 2. The minimum Gasteiger partial charge on any atom is -0.444 e. The molecule has 0 aromatic carbocycles. The summed E-state index contributed by atoms with van der Waals surface area (Å²) in [6, 6.07) is 6.87. The summed E-state index contributed by atoms with van der Waals surface area (Å²) in [6.07, 6.45) is 28.4. The SMILES string of the molecule is CC(C)(C)OC(=O)N1CC[C@@H]2CC(=O)CC[C@@H]2C1.CCC1CC[C@@H]2CN(C(=O)OC(C)(C)C)CC[C@@H]2C1.CN(c1ncnc2[nH]ccc12)C1CC[C@H]2CN(C(=O)CO)CC[C@H]2C1.CN(c1ncnc2[nH]ccc12)C1CC[C@H]2CN(C(=O)OC(C)(C)C)CC[C@H]2C1.Clc1ncnc2[nH]ccc12. The maximum atomic E-state index is 12.4. The van der Waals surface area contributed by atoms with Crippen molar-refractivity contribution in [1.29, 1.82) is 0 Å². The molecule has 0 bridgehead atoms. The van der Waals surface area contributed by atoms with Crippen LogP contribution >= 0.6 is 11.6 Å². The Balaban J connectivity index is 0.000000139. The number of nitrogens with one attached hydrogen (secondary N) is 3. The van der Waals surface area contributed by atoms with Gasteiger partial charge in [-0.3, -0.25) is 9.59 Å². The maximum absolute atomic E-state index is 12.4. The number of hydrogen-bond donors (Lipinski definition) is 4. The third kappa shape index (κ3) is 19.8. The number of ketones is 1. The quantitative estimate of drug-likeness (QED) is 0.0891. The molecule has 8 fully saturated rings. The van der Waals surface area contributed by atoms with Crippen molar-refractivity contribution >= 4 is 86.3 Å². The zero-order chi connectivity index (χ0) is 71.6. The van der Waals surface area contributed by atoms with Crippen molar-refractivity contribution in [3.8, 4) is 0 Å². The van der Waals surface area contributed by atoms with Gasteiger partial charge in [0.25, 0.3) is 0 Å². The Morgan fingerprint density at radius 1 is 0.500 bits per heavy atom. The first-order valence-electron chi connectivity index (χ1n) is 36.9. The molecule has 100 heavy (non-hydrogen) atoms. The van der Waals surface area contributed by atoms with Crippen LogP contribution in [0.1, 0.15) is 178 Å². The number of likely N-dealkylation sites (tertiary alicyclic amines) is 4. The number of hydrogen-bond acceptors (Lipinski definition) is 17. The zero-order valence-corrected chi connectivity index (χ0v) is 62.1. The molecular weight excluding hydrogens is 1290 g/mol. The highest BCUT2D eigenvalue weighted by atomic mass is 35.5. The van der Waals surface area contributed by atoms with E-state index in [0.717, 1.165) is 173 Å². The number of Topliss-reactive ketones (excluding diaryl/α,β-unsaturated/α-hetero) is 1. The van der Waals surface area contributed by atoms with E-state index in [4.69, 9.17) is 30.9 Å². The van der Waals surface area contributed by atoms with Gasteiger partial charge in [0.1, 0.15) is 81.9 Å². The smallest absolute Gasteiger partial charge is 0.410 e. The van der Waals surface area contributed by atoms with E-state index in [9.17, 15) is 24.0 Å². The number of H-pyrrole nitrogens is 3. The van der Waals surface area contributed by atoms with Gasteiger partial charge in [-0.15, -0.1) is 0 Å². The van der Waals surface area contributed by atoms with Gasteiger partial charge in [0, 0.05) is 110 Å². The van der Waals surface area contributed by atoms with E-state index >= 15 is 0 Å². The van der Waals surface area contributed by atoms with Gasteiger partial charge in [-0.1, -0.05) is 31.4 Å². The number of ether oxygens (including phenoxy) is 3. The Morgan fingerprint density at radius 3 is 1.31 bits per heavy atom. The maximum Gasteiger partial charge on any atom is 0.410 e. The zero-order valence-electron chi connectivity index (χ0n) is 61.4. The lowest BCUT2D eigenvalue weighted by Gasteiger charge is -2.45. The third-order valence-electron chi connectivity index (χ3n) is 22.1. The Bertz CT molecular complexity index is 3690. The predicted octanol–water partition coefficient (Wildman–Crippen LogP) is 13.5. The van der Waals surface area contributed by atoms with Gasteiger partial charge in [-0.2, -0.15) is 0 Å². The highest BCUT2D eigenvalue weighted by Crippen LogP contribution is 2.43. The molecule has 4 amide bonds. The van der Waals surface area contributed by atoms with Gasteiger partial charge in [0.2, 0.25) is 5.91 Å². The van der Waals surface area contributed by atoms with Crippen LogP contribution in [0, 0.1) is 53.3 Å². The molecule has 6 aromatic rings. The summed E-state index contributed by atoms with van der Waals surface area (Å²) in [7, 11) is 4.28. The number of carbonyl (C=O) groups excluding carboxylic acids is 5. The molecule has 6 aromatic heterocycles. The van der Waals surface area contributed by atoms with Crippen LogP contribution in [0.25, 0.3) is 33.1 Å². The molecule has 4 aliphatic carbocycles. The molecule has 8 aliphatic rings. The van der Waals surface area contributed by atoms with Crippen LogP contribution in [0.3, 0.4) is 0 Å². The number of nitrogens with zero attached hydrogens (tertiary/aromatic N) is 12. The number of aliphatic hydroxyl groups is 1. The van der Waals surface area contributed by atoms with E-state index in [-0.39, 0.29) is 36.4 Å². The minimum absolute atomic E-state index is 0.122. The highest BCUT2D eigenvalue weighted by Gasteiger charge is 2.42. The molecule has 548 valence electrons. The van der Waals surface area contributed by atoms with Crippen molar-refractivity contribution in [2.75, 3.05) is 82.9 Å². The van der Waals surface area contributed by atoms with Crippen LogP contribution in [-0.4, -0.2) is 201 Å². The van der Waals surface area contributed by atoms with E-state index in [2.05, 4.69) is 75.7 Å². The fourth-order valence-electron chi connectivity index (χ4n) is 16.7. The van der Waals surface area contributed by atoms with Gasteiger partial charge in [0.05, 0.1) is 16.2 Å². The molecule has 10 heterocycles. The second-order valence-electron chi connectivity index (χ2n) is 32.3. The van der Waals surface area contributed by atoms with Crippen LogP contribution < -0.4 is 9.80 Å². The van der Waals surface area contributed by atoms with E-state index < -0.39 is 11.2 Å². The fourth-order valence-corrected chi connectivity index (χ4v) is 16.9. The van der Waals surface area contributed by atoms with E-state index in [1.165, 1.54) is 38.4 Å². The summed E-state index contributed by atoms with van der Waals surface area (Å²) >= 11 is 5.73. The third-order valence-corrected chi connectivity index (χ3v) is 22.4. The minimum atomic E-state index is -0.435. The normalized spacial score (nSPS) is 26.0. The van der Waals surface area contributed by atoms with Crippen molar-refractivity contribution in [1.82, 2.24) is 64.5 Å². The number of rotatable bonds is 6. The lowest BCUT2D eigenvalue weighted by atomic mass is 9.70. The lowest BCUT2D eigenvalue weighted by Crippen LogP contribution is -2.49. The first-order chi connectivity index (χ1) is 47.6. The number of aliphatic hydroxyl groups excluding tert-OH is 1. The average Bonchev–Trinajstić information content (AvgIpc) is 1.26. The second kappa shape index (κ2) is 33.2. The van der Waals surface area contributed by atoms with Gasteiger partial charge in [0.15, 0.2) is 0 Å². The summed E-state index contributed by atoms with van der Waals surface area (Å²) in [6.45, 7) is 25.6. The molecule has 3 unspecified atom stereocenters. The van der Waals surface area contributed by atoms with Crippen molar-refractivity contribution in [2.24, 2.45) is 53.3 Å². The van der Waals surface area contributed by atoms with Gasteiger partial charge in [-0.05, 0) is 217 Å². The summed E-state index contributed by atoms with van der Waals surface area (Å²) < 4.78 is 16.5. The number of piperidine rings is 4. The molecule has 4 saturated heterocycles. The summed E-state index contributed by atoms with van der Waals surface area (Å²) in [5.74, 6) is 8.15. The largest absolute Gasteiger partial charge is 0.444 e. The molecule has 25 heteroatoms. The number of carbonyl (C=O) groups is 5. The van der Waals surface area contributed by atoms with Crippen molar-refractivity contribution in [3.63, 3.8) is 0 Å². The molecule has 11 atom stereocenters. The molecule has 4 saturated carbocycles. The number of aromatic amines is 3. The Morgan fingerprint density at radius 2 is 0.880 bits per heavy atom. The highest BCUT2D eigenvalue weighted by molar-refractivity contribution is 6.33. The molecule has 4 N–H and O–H groups in total.